The van der Waals surface area contributed by atoms with Crippen LogP contribution in [0.5, 0.6) is 0 Å². The van der Waals surface area contributed by atoms with E-state index < -0.39 is 0 Å². The van der Waals surface area contributed by atoms with E-state index in [4.69, 9.17) is 5.73 Å². The molecule has 0 bridgehead atoms. The fourth-order valence-electron chi connectivity index (χ4n) is 2.81. The van der Waals surface area contributed by atoms with Crippen LogP contribution in [0.2, 0.25) is 0 Å². The molecule has 1 amide bonds. The Hall–Kier alpha value is -1.06. The molecule has 3 nitrogen and oxygen atoms in total. The molecule has 1 saturated carbocycles. The van der Waals surface area contributed by atoms with Gasteiger partial charge in [0.2, 0.25) is 5.91 Å². The number of halogens is 1. The maximum absolute atomic E-state index is 12.0. The minimum absolute atomic E-state index is 0. The number of benzene rings is 1. The molecule has 0 heterocycles. The molecule has 1 aromatic carbocycles. The molecule has 4 heteroatoms. The van der Waals surface area contributed by atoms with Gasteiger partial charge >= 0.3 is 0 Å². The van der Waals surface area contributed by atoms with Crippen LogP contribution in [-0.4, -0.2) is 12.5 Å². The van der Waals surface area contributed by atoms with Gasteiger partial charge in [0.05, 0.1) is 5.54 Å². The lowest BCUT2D eigenvalue weighted by Gasteiger charge is -2.31. The molecule has 19 heavy (non-hydrogen) atoms. The molecule has 1 aliphatic rings. The maximum atomic E-state index is 12.0. The smallest absolute Gasteiger partial charge is 0.220 e. The first kappa shape index (κ1) is 16.0. The molecule has 0 aliphatic heterocycles. The lowest BCUT2D eigenvalue weighted by Crippen LogP contribution is -2.43. The van der Waals surface area contributed by atoms with Crippen molar-refractivity contribution in [3.63, 3.8) is 0 Å². The topological polar surface area (TPSA) is 55.1 Å². The summed E-state index contributed by atoms with van der Waals surface area (Å²) in [6.45, 7) is 0.575. The normalized spacial score (nSPS) is 16.7. The molecular formula is C15H23ClN2O. The van der Waals surface area contributed by atoms with Gasteiger partial charge in [0, 0.05) is 6.42 Å². The fourth-order valence-corrected chi connectivity index (χ4v) is 2.81. The van der Waals surface area contributed by atoms with Gasteiger partial charge in [-0.15, -0.1) is 12.4 Å². The highest BCUT2D eigenvalue weighted by Crippen LogP contribution is 2.38. The van der Waals surface area contributed by atoms with Crippen molar-refractivity contribution in [2.75, 3.05) is 6.54 Å². The van der Waals surface area contributed by atoms with Gasteiger partial charge in [-0.3, -0.25) is 4.79 Å². The second-order valence-corrected chi connectivity index (χ2v) is 5.10. The van der Waals surface area contributed by atoms with Crippen LogP contribution in [0.25, 0.3) is 0 Å². The zero-order chi connectivity index (χ0) is 12.8. The van der Waals surface area contributed by atoms with E-state index in [9.17, 15) is 4.79 Å². The zero-order valence-electron chi connectivity index (χ0n) is 11.2. The van der Waals surface area contributed by atoms with Gasteiger partial charge in [-0.05, 0) is 31.4 Å². The number of carbonyl (C=O) groups is 1. The van der Waals surface area contributed by atoms with Crippen molar-refractivity contribution >= 4 is 18.3 Å². The second kappa shape index (κ2) is 7.51. The highest BCUT2D eigenvalue weighted by Gasteiger charge is 2.36. The van der Waals surface area contributed by atoms with Crippen molar-refractivity contribution < 1.29 is 4.79 Å². The van der Waals surface area contributed by atoms with Gasteiger partial charge in [-0.1, -0.05) is 43.2 Å². The summed E-state index contributed by atoms with van der Waals surface area (Å²) in [7, 11) is 0. The minimum atomic E-state index is -0.132. The van der Waals surface area contributed by atoms with Gasteiger partial charge < -0.3 is 11.1 Å². The third kappa shape index (κ3) is 3.95. The van der Waals surface area contributed by atoms with Crippen molar-refractivity contribution in [3.05, 3.63) is 35.9 Å². The molecule has 106 valence electrons. The molecule has 3 N–H and O–H groups in total. The van der Waals surface area contributed by atoms with Gasteiger partial charge in [0.15, 0.2) is 0 Å². The number of nitrogens with two attached hydrogens (primary N) is 1. The van der Waals surface area contributed by atoms with Gasteiger partial charge in [-0.2, -0.15) is 0 Å². The largest absolute Gasteiger partial charge is 0.347 e. The summed E-state index contributed by atoms with van der Waals surface area (Å²) in [5.74, 6) is 0.131. The highest BCUT2D eigenvalue weighted by molar-refractivity contribution is 5.85. The molecule has 1 fully saturated rings. The van der Waals surface area contributed by atoms with Crippen molar-refractivity contribution in [2.45, 2.75) is 44.1 Å². The predicted molar refractivity (Wildman–Crippen MR) is 80.3 cm³/mol. The van der Waals surface area contributed by atoms with Crippen molar-refractivity contribution in [3.8, 4) is 0 Å². The Morgan fingerprint density at radius 1 is 1.21 bits per heavy atom. The zero-order valence-corrected chi connectivity index (χ0v) is 12.0. The van der Waals surface area contributed by atoms with Crippen LogP contribution in [-0.2, 0) is 10.3 Å². The Bertz CT molecular complexity index is 388. The summed E-state index contributed by atoms with van der Waals surface area (Å²) in [5.41, 5.74) is 6.56. The van der Waals surface area contributed by atoms with E-state index in [0.29, 0.717) is 13.0 Å². The van der Waals surface area contributed by atoms with Crippen LogP contribution in [0.15, 0.2) is 30.3 Å². The van der Waals surface area contributed by atoms with Crippen LogP contribution in [0.1, 0.15) is 44.1 Å². The molecule has 2 rings (SSSR count). The SMILES string of the molecule is Cl.NCCCC(=O)NC1(c2ccccc2)CCCC1. The van der Waals surface area contributed by atoms with Crippen LogP contribution in [0.4, 0.5) is 0 Å². The highest BCUT2D eigenvalue weighted by atomic mass is 35.5. The minimum Gasteiger partial charge on any atom is -0.347 e. The monoisotopic (exact) mass is 282 g/mol. The van der Waals surface area contributed by atoms with E-state index in [1.807, 2.05) is 18.2 Å². The van der Waals surface area contributed by atoms with E-state index in [-0.39, 0.29) is 23.9 Å². The summed E-state index contributed by atoms with van der Waals surface area (Å²) in [4.78, 5) is 12.0. The molecule has 0 aromatic heterocycles. The van der Waals surface area contributed by atoms with Crippen molar-refractivity contribution in [1.29, 1.82) is 0 Å². The number of carbonyl (C=O) groups excluding carboxylic acids is 1. The average molecular weight is 283 g/mol. The average Bonchev–Trinajstić information content (AvgIpc) is 2.87. The first-order valence-corrected chi connectivity index (χ1v) is 6.83. The van der Waals surface area contributed by atoms with Crippen molar-refractivity contribution in [1.82, 2.24) is 5.32 Å². The molecular weight excluding hydrogens is 260 g/mol. The first-order valence-electron chi connectivity index (χ1n) is 6.83. The Balaban J connectivity index is 0.00000180. The lowest BCUT2D eigenvalue weighted by atomic mass is 9.88. The quantitative estimate of drug-likeness (QED) is 0.872. The number of rotatable bonds is 5. The standard InChI is InChI=1S/C15H22N2O.ClH/c16-12-6-9-14(18)17-15(10-4-5-11-15)13-7-2-1-3-8-13;/h1-3,7-8H,4-6,9-12,16H2,(H,17,18);1H. The summed E-state index contributed by atoms with van der Waals surface area (Å²) < 4.78 is 0. The fraction of sp³-hybridized carbons (Fsp3) is 0.533. The number of hydrogen-bond acceptors (Lipinski definition) is 2. The number of hydrogen-bond donors (Lipinski definition) is 2. The van der Waals surface area contributed by atoms with E-state index in [2.05, 4.69) is 17.4 Å². The van der Waals surface area contributed by atoms with Gasteiger partial charge in [0.1, 0.15) is 0 Å². The van der Waals surface area contributed by atoms with Crippen LogP contribution >= 0.6 is 12.4 Å². The van der Waals surface area contributed by atoms with Crippen LogP contribution < -0.4 is 11.1 Å². The van der Waals surface area contributed by atoms with E-state index in [1.54, 1.807) is 0 Å². The molecule has 0 radical (unpaired) electrons. The number of nitrogens with one attached hydrogen (secondary N) is 1. The molecule has 1 aromatic rings. The summed E-state index contributed by atoms with van der Waals surface area (Å²) in [6.07, 6.45) is 5.76. The predicted octanol–water partition coefficient (Wildman–Crippen LogP) is 2.73. The third-order valence-electron chi connectivity index (χ3n) is 3.77. The van der Waals surface area contributed by atoms with E-state index in [1.165, 1.54) is 18.4 Å². The number of amides is 1. The molecule has 0 saturated heterocycles. The van der Waals surface area contributed by atoms with E-state index >= 15 is 0 Å². The van der Waals surface area contributed by atoms with Gasteiger partial charge in [-0.25, -0.2) is 0 Å². The molecule has 1 aliphatic carbocycles. The lowest BCUT2D eigenvalue weighted by molar-refractivity contribution is -0.123. The van der Waals surface area contributed by atoms with Crippen LogP contribution in [0, 0.1) is 0 Å². The molecule has 0 spiro atoms. The Morgan fingerprint density at radius 3 is 2.42 bits per heavy atom. The Labute approximate surface area is 121 Å². The maximum Gasteiger partial charge on any atom is 0.220 e. The molecule has 0 unspecified atom stereocenters. The van der Waals surface area contributed by atoms with Crippen molar-refractivity contribution in [2.24, 2.45) is 5.73 Å². The third-order valence-corrected chi connectivity index (χ3v) is 3.77. The Morgan fingerprint density at radius 2 is 1.84 bits per heavy atom. The molecule has 0 atom stereocenters. The summed E-state index contributed by atoms with van der Waals surface area (Å²) in [6, 6.07) is 10.3. The van der Waals surface area contributed by atoms with Crippen LogP contribution in [0.3, 0.4) is 0 Å². The Kier molecular flexibility index (Phi) is 6.32. The van der Waals surface area contributed by atoms with E-state index in [0.717, 1.165) is 19.3 Å². The summed E-state index contributed by atoms with van der Waals surface area (Å²) >= 11 is 0. The second-order valence-electron chi connectivity index (χ2n) is 5.10. The first-order chi connectivity index (χ1) is 8.77. The summed E-state index contributed by atoms with van der Waals surface area (Å²) in [5, 5.41) is 3.25. The van der Waals surface area contributed by atoms with Gasteiger partial charge in [0.25, 0.3) is 0 Å².